The molecule has 1 aliphatic carbocycles. The van der Waals surface area contributed by atoms with Gasteiger partial charge in [-0.3, -0.25) is 9.59 Å². The second-order valence-electron chi connectivity index (χ2n) is 6.60. The van der Waals surface area contributed by atoms with Gasteiger partial charge in [-0.25, -0.2) is 8.78 Å². The first-order chi connectivity index (χ1) is 12.8. The summed E-state index contributed by atoms with van der Waals surface area (Å²) in [6.45, 7) is 1.44. The molecule has 27 heavy (non-hydrogen) atoms. The van der Waals surface area contributed by atoms with Crippen LogP contribution in [0.5, 0.6) is 0 Å². The zero-order valence-electron chi connectivity index (χ0n) is 15.3. The Kier molecular flexibility index (Phi) is 7.19. The first-order valence-electron chi connectivity index (χ1n) is 8.75. The van der Waals surface area contributed by atoms with E-state index in [0.717, 1.165) is 49.2 Å². The maximum Gasteiger partial charge on any atom is 0.317 e. The van der Waals surface area contributed by atoms with Crippen LogP contribution in [0.25, 0.3) is 0 Å². The zero-order valence-corrected chi connectivity index (χ0v) is 16.2. The lowest BCUT2D eigenvalue weighted by Crippen LogP contribution is -2.53. The quantitative estimate of drug-likeness (QED) is 0.542. The van der Waals surface area contributed by atoms with Crippen LogP contribution in [-0.2, 0) is 14.3 Å². The van der Waals surface area contributed by atoms with Crippen LogP contribution in [-0.4, -0.2) is 41.2 Å². The van der Waals surface area contributed by atoms with Crippen molar-refractivity contribution in [3.8, 4) is 6.07 Å². The van der Waals surface area contributed by atoms with Crippen LogP contribution in [0.15, 0.2) is 23.1 Å². The van der Waals surface area contributed by atoms with Crippen molar-refractivity contribution in [2.24, 2.45) is 0 Å². The summed E-state index contributed by atoms with van der Waals surface area (Å²) >= 11 is 0.796. The van der Waals surface area contributed by atoms with Crippen LogP contribution < -0.4 is 0 Å². The average Bonchev–Trinajstić information content (AvgIpc) is 2.67. The highest BCUT2D eigenvalue weighted by molar-refractivity contribution is 8.00. The maximum atomic E-state index is 13.6. The molecule has 1 aliphatic rings. The molecule has 0 radical (unpaired) electrons. The van der Waals surface area contributed by atoms with Crippen LogP contribution >= 0.6 is 11.8 Å². The van der Waals surface area contributed by atoms with Gasteiger partial charge in [0.15, 0.2) is 6.10 Å². The van der Waals surface area contributed by atoms with Gasteiger partial charge in [-0.15, -0.1) is 11.8 Å². The highest BCUT2D eigenvalue weighted by Crippen LogP contribution is 2.33. The monoisotopic (exact) mass is 396 g/mol. The second kappa shape index (κ2) is 9.18. The molecule has 1 aromatic carbocycles. The molecule has 1 fully saturated rings. The summed E-state index contributed by atoms with van der Waals surface area (Å²) in [5.74, 6) is -2.66. The van der Waals surface area contributed by atoms with Crippen molar-refractivity contribution in [1.29, 1.82) is 5.26 Å². The second-order valence-corrected chi connectivity index (χ2v) is 7.61. The van der Waals surface area contributed by atoms with Crippen LogP contribution in [0.4, 0.5) is 8.78 Å². The van der Waals surface area contributed by atoms with E-state index >= 15 is 0 Å². The number of nitrogens with zero attached hydrogens (tertiary/aromatic N) is 2. The Morgan fingerprint density at radius 2 is 2.00 bits per heavy atom. The number of ether oxygens (including phenoxy) is 1. The van der Waals surface area contributed by atoms with Gasteiger partial charge in [0.2, 0.25) is 0 Å². The van der Waals surface area contributed by atoms with E-state index in [1.807, 2.05) is 0 Å². The van der Waals surface area contributed by atoms with Gasteiger partial charge in [0, 0.05) is 11.9 Å². The van der Waals surface area contributed by atoms with Crippen LogP contribution in [0.2, 0.25) is 0 Å². The van der Waals surface area contributed by atoms with Crippen molar-refractivity contribution >= 4 is 23.6 Å². The lowest BCUT2D eigenvalue weighted by Gasteiger charge is -2.39. The highest BCUT2D eigenvalue weighted by atomic mass is 32.2. The standard InChI is InChI=1S/C19H22F2N2O3S/c1-13(18(25)23(2)19(12-22)8-4-3-5-9-19)26-17(24)11-27-16-10-14(20)6-7-15(16)21/h6-7,10,13H,3-5,8-9,11H2,1-2H3/t13-/m0/s1. The molecule has 0 aliphatic heterocycles. The van der Waals surface area contributed by atoms with Crippen LogP contribution in [0.1, 0.15) is 39.0 Å². The molecule has 0 saturated heterocycles. The summed E-state index contributed by atoms with van der Waals surface area (Å²) in [6, 6.07) is 5.22. The van der Waals surface area contributed by atoms with Gasteiger partial charge < -0.3 is 9.64 Å². The Balaban J connectivity index is 1.92. The summed E-state index contributed by atoms with van der Waals surface area (Å²) in [6.07, 6.45) is 2.91. The van der Waals surface area contributed by atoms with Crippen molar-refractivity contribution in [1.82, 2.24) is 4.90 Å². The Labute approximate surface area is 161 Å². The van der Waals surface area contributed by atoms with Gasteiger partial charge in [-0.05, 0) is 38.0 Å². The summed E-state index contributed by atoms with van der Waals surface area (Å²) in [7, 11) is 1.55. The lowest BCUT2D eigenvalue weighted by atomic mass is 9.81. The fourth-order valence-electron chi connectivity index (χ4n) is 3.15. The van der Waals surface area contributed by atoms with Gasteiger partial charge in [0.05, 0.1) is 11.8 Å². The third-order valence-electron chi connectivity index (χ3n) is 4.76. The number of benzene rings is 1. The highest BCUT2D eigenvalue weighted by Gasteiger charge is 2.40. The minimum atomic E-state index is -1.06. The molecule has 5 nitrogen and oxygen atoms in total. The summed E-state index contributed by atoms with van der Waals surface area (Å²) < 4.78 is 31.9. The number of carbonyl (C=O) groups is 2. The molecule has 0 spiro atoms. The minimum absolute atomic E-state index is 0.00585. The largest absolute Gasteiger partial charge is 0.452 e. The van der Waals surface area contributed by atoms with E-state index in [0.29, 0.717) is 12.8 Å². The number of rotatable bonds is 6. The van der Waals surface area contributed by atoms with Gasteiger partial charge in [0.1, 0.15) is 17.2 Å². The molecule has 8 heteroatoms. The molecule has 2 rings (SSSR count). The Morgan fingerprint density at radius 3 is 2.63 bits per heavy atom. The molecule has 146 valence electrons. The molecule has 0 bridgehead atoms. The molecule has 0 aromatic heterocycles. The molecule has 1 aromatic rings. The third kappa shape index (κ3) is 5.19. The Morgan fingerprint density at radius 1 is 1.33 bits per heavy atom. The first kappa shape index (κ1) is 21.2. The summed E-state index contributed by atoms with van der Waals surface area (Å²) in [4.78, 5) is 25.9. The number of thioether (sulfide) groups is 1. The normalized spacial score (nSPS) is 16.9. The number of halogens is 2. The Hall–Kier alpha value is -2.14. The van der Waals surface area contributed by atoms with E-state index in [1.54, 1.807) is 7.05 Å². The maximum absolute atomic E-state index is 13.6. The number of amides is 1. The number of likely N-dealkylation sites (N-methyl/N-ethyl adjacent to an activating group) is 1. The van der Waals surface area contributed by atoms with Gasteiger partial charge >= 0.3 is 5.97 Å². The van der Waals surface area contributed by atoms with E-state index in [1.165, 1.54) is 11.8 Å². The lowest BCUT2D eigenvalue weighted by molar-refractivity contribution is -0.159. The third-order valence-corrected chi connectivity index (χ3v) is 5.76. The fourth-order valence-corrected chi connectivity index (χ4v) is 3.89. The minimum Gasteiger partial charge on any atom is -0.452 e. The molecular weight excluding hydrogens is 374 g/mol. The Bertz CT molecular complexity index is 745. The van der Waals surface area contributed by atoms with E-state index < -0.39 is 35.2 Å². The SMILES string of the molecule is C[C@H](OC(=O)CSc1cc(F)ccc1F)C(=O)N(C)C1(C#N)CCCCC1. The van der Waals surface area contributed by atoms with Gasteiger partial charge in [-0.1, -0.05) is 19.3 Å². The first-order valence-corrected chi connectivity index (χ1v) is 9.74. The predicted molar refractivity (Wildman–Crippen MR) is 96.8 cm³/mol. The summed E-state index contributed by atoms with van der Waals surface area (Å²) in [5.41, 5.74) is -0.866. The molecule has 1 atom stereocenters. The topological polar surface area (TPSA) is 70.4 Å². The molecule has 0 heterocycles. The molecule has 0 unspecified atom stereocenters. The molecule has 1 saturated carbocycles. The molecule has 0 N–H and O–H groups in total. The van der Waals surface area contributed by atoms with E-state index in [2.05, 4.69) is 6.07 Å². The number of carbonyl (C=O) groups excluding carboxylic acids is 2. The van der Waals surface area contributed by atoms with E-state index in [4.69, 9.17) is 4.74 Å². The smallest absolute Gasteiger partial charge is 0.317 e. The fraction of sp³-hybridized carbons (Fsp3) is 0.526. The van der Waals surface area contributed by atoms with Crippen molar-refractivity contribution < 1.29 is 23.1 Å². The number of hydrogen-bond acceptors (Lipinski definition) is 5. The van der Waals surface area contributed by atoms with Crippen molar-refractivity contribution in [2.75, 3.05) is 12.8 Å². The molecule has 1 amide bonds. The average molecular weight is 396 g/mol. The van der Waals surface area contributed by atoms with Crippen molar-refractivity contribution in [2.45, 2.75) is 55.6 Å². The van der Waals surface area contributed by atoms with Crippen LogP contribution in [0, 0.1) is 23.0 Å². The van der Waals surface area contributed by atoms with E-state index in [-0.39, 0.29) is 10.6 Å². The molecular formula is C19H22F2N2O3S. The zero-order chi connectivity index (χ0) is 20.0. The predicted octanol–water partition coefficient (Wildman–Crippen LogP) is 3.67. The van der Waals surface area contributed by atoms with Gasteiger partial charge in [0.25, 0.3) is 5.91 Å². The van der Waals surface area contributed by atoms with Crippen molar-refractivity contribution in [3.05, 3.63) is 29.8 Å². The van der Waals surface area contributed by atoms with Crippen molar-refractivity contribution in [3.63, 3.8) is 0 Å². The van der Waals surface area contributed by atoms with E-state index in [9.17, 15) is 23.6 Å². The number of esters is 1. The number of nitriles is 1. The van der Waals surface area contributed by atoms with Gasteiger partial charge in [-0.2, -0.15) is 5.26 Å². The summed E-state index contributed by atoms with van der Waals surface area (Å²) in [5, 5.41) is 9.56. The van der Waals surface area contributed by atoms with Crippen LogP contribution in [0.3, 0.4) is 0 Å². The number of hydrogen-bond donors (Lipinski definition) is 0.